The minimum Gasteiger partial charge on any atom is -0.339 e. The highest BCUT2D eigenvalue weighted by molar-refractivity contribution is 7.91. The van der Waals surface area contributed by atoms with Crippen molar-refractivity contribution in [3.63, 3.8) is 0 Å². The highest BCUT2D eigenvalue weighted by Crippen LogP contribution is 2.33. The molecule has 0 aliphatic carbocycles. The number of benzene rings is 2. The van der Waals surface area contributed by atoms with Crippen LogP contribution in [0.3, 0.4) is 0 Å². The Hall–Kier alpha value is -3.52. The van der Waals surface area contributed by atoms with Crippen LogP contribution in [0.2, 0.25) is 0 Å². The number of piperidine rings is 1. The molecule has 4 heterocycles. The van der Waals surface area contributed by atoms with E-state index in [-0.39, 0.29) is 23.5 Å². The number of likely N-dealkylation sites (tertiary alicyclic amines) is 1. The summed E-state index contributed by atoms with van der Waals surface area (Å²) in [5.74, 6) is 0.766. The number of carbonyl (C=O) groups is 1. The Kier molecular flexibility index (Phi) is 7.21. The second-order valence-electron chi connectivity index (χ2n) is 11.3. The largest absolute Gasteiger partial charge is 0.339 e. The van der Waals surface area contributed by atoms with Gasteiger partial charge in [0.2, 0.25) is 0 Å². The van der Waals surface area contributed by atoms with E-state index in [2.05, 4.69) is 43.3 Å². The summed E-state index contributed by atoms with van der Waals surface area (Å²) in [6, 6.07) is 20.5. The topological polar surface area (TPSA) is 85.2 Å². The molecule has 2 aromatic carbocycles. The Labute approximate surface area is 236 Å². The summed E-state index contributed by atoms with van der Waals surface area (Å²) in [5.41, 5.74) is 6.13. The van der Waals surface area contributed by atoms with Gasteiger partial charge >= 0.3 is 0 Å². The number of sulfone groups is 1. The van der Waals surface area contributed by atoms with Gasteiger partial charge in [0.25, 0.3) is 5.91 Å². The molecule has 1 amide bonds. The Morgan fingerprint density at radius 3 is 2.35 bits per heavy atom. The number of pyridine rings is 1. The van der Waals surface area contributed by atoms with Crippen molar-refractivity contribution in [3.05, 3.63) is 83.0 Å². The van der Waals surface area contributed by atoms with Crippen LogP contribution in [0, 0.1) is 12.8 Å². The average molecular weight is 557 g/mol. The first-order valence-electron chi connectivity index (χ1n) is 14.3. The van der Waals surface area contributed by atoms with Crippen molar-refractivity contribution < 1.29 is 13.2 Å². The summed E-state index contributed by atoms with van der Waals surface area (Å²) >= 11 is 0. The fraction of sp³-hybridized carbons (Fsp3) is 0.406. The highest BCUT2D eigenvalue weighted by atomic mass is 32.2. The summed E-state index contributed by atoms with van der Waals surface area (Å²) in [6.07, 6.45) is 4.43. The van der Waals surface area contributed by atoms with Crippen LogP contribution in [0.5, 0.6) is 0 Å². The van der Waals surface area contributed by atoms with Gasteiger partial charge < -0.3 is 4.90 Å². The fourth-order valence-corrected chi connectivity index (χ4v) is 7.91. The third-order valence-corrected chi connectivity index (χ3v) is 10.3. The van der Waals surface area contributed by atoms with E-state index in [1.807, 2.05) is 36.1 Å². The van der Waals surface area contributed by atoms with Gasteiger partial charge in [-0.25, -0.2) is 18.1 Å². The molecular formula is C32H36N4O3S. The molecule has 208 valence electrons. The molecule has 1 unspecified atom stereocenters. The molecular weight excluding hydrogens is 520 g/mol. The number of fused-ring (bicyclic) bond motifs is 1. The second-order valence-corrected chi connectivity index (χ2v) is 13.5. The molecule has 0 bridgehead atoms. The van der Waals surface area contributed by atoms with E-state index in [0.29, 0.717) is 48.0 Å². The van der Waals surface area contributed by atoms with Gasteiger partial charge in [-0.2, -0.15) is 5.10 Å². The lowest BCUT2D eigenvalue weighted by Gasteiger charge is -2.32. The third kappa shape index (κ3) is 5.29. The van der Waals surface area contributed by atoms with Gasteiger partial charge in [0, 0.05) is 18.7 Å². The molecule has 2 aromatic heterocycles. The quantitative estimate of drug-likeness (QED) is 0.316. The van der Waals surface area contributed by atoms with Gasteiger partial charge in [-0.05, 0) is 62.1 Å². The maximum Gasteiger partial charge on any atom is 0.254 e. The van der Waals surface area contributed by atoms with Crippen molar-refractivity contribution in [2.24, 2.45) is 5.92 Å². The van der Waals surface area contributed by atoms with Crippen LogP contribution in [0.15, 0.2) is 60.7 Å². The van der Waals surface area contributed by atoms with Gasteiger partial charge in [0.15, 0.2) is 15.5 Å². The number of carbonyl (C=O) groups excluding carboxylic acids is 1. The molecule has 7 nitrogen and oxygen atoms in total. The maximum atomic E-state index is 14.1. The zero-order valence-corrected chi connectivity index (χ0v) is 24.0. The number of aryl methyl sites for hydroxylation is 2. The van der Waals surface area contributed by atoms with Crippen molar-refractivity contribution in [1.29, 1.82) is 0 Å². The Morgan fingerprint density at radius 1 is 0.975 bits per heavy atom. The predicted molar refractivity (Wildman–Crippen MR) is 158 cm³/mol. The smallest absolute Gasteiger partial charge is 0.254 e. The molecule has 6 rings (SSSR count). The van der Waals surface area contributed by atoms with Crippen LogP contribution in [-0.2, 0) is 22.7 Å². The zero-order valence-electron chi connectivity index (χ0n) is 23.2. The Balaban J connectivity index is 1.35. The van der Waals surface area contributed by atoms with Crippen LogP contribution < -0.4 is 0 Å². The Bertz CT molecular complexity index is 1640. The second kappa shape index (κ2) is 10.8. The molecule has 2 fully saturated rings. The fourth-order valence-electron chi connectivity index (χ4n) is 6.22. The minimum atomic E-state index is -3.11. The molecule has 0 spiro atoms. The van der Waals surface area contributed by atoms with E-state index < -0.39 is 9.84 Å². The molecule has 8 heteroatoms. The van der Waals surface area contributed by atoms with Crippen molar-refractivity contribution in [3.8, 4) is 11.3 Å². The molecule has 1 atom stereocenters. The molecule has 0 N–H and O–H groups in total. The van der Waals surface area contributed by atoms with Crippen LogP contribution in [-0.4, -0.2) is 58.6 Å². The van der Waals surface area contributed by atoms with Gasteiger partial charge in [-0.3, -0.25) is 4.79 Å². The van der Waals surface area contributed by atoms with Gasteiger partial charge in [0.1, 0.15) is 0 Å². The van der Waals surface area contributed by atoms with Crippen molar-refractivity contribution in [1.82, 2.24) is 19.7 Å². The zero-order chi connectivity index (χ0) is 27.9. The van der Waals surface area contributed by atoms with E-state index in [0.717, 1.165) is 36.6 Å². The number of amides is 1. The number of aromatic nitrogens is 3. The molecule has 2 aliphatic rings. The molecule has 2 saturated heterocycles. The summed E-state index contributed by atoms with van der Waals surface area (Å²) in [6.45, 7) is 5.45. The van der Waals surface area contributed by atoms with Crippen LogP contribution >= 0.6 is 0 Å². The first kappa shape index (κ1) is 26.7. The van der Waals surface area contributed by atoms with Gasteiger partial charge in [0.05, 0.1) is 39.9 Å². The lowest BCUT2D eigenvalue weighted by molar-refractivity contribution is 0.0692. The number of hydrogen-bond donors (Lipinski definition) is 0. The highest BCUT2D eigenvalue weighted by Gasteiger charge is 2.33. The minimum absolute atomic E-state index is 0.00122. The summed E-state index contributed by atoms with van der Waals surface area (Å²) < 4.78 is 26.4. The first-order valence-corrected chi connectivity index (χ1v) is 16.2. The monoisotopic (exact) mass is 556 g/mol. The third-order valence-electron chi connectivity index (χ3n) is 8.55. The molecule has 0 saturated carbocycles. The average Bonchev–Trinajstić information content (AvgIpc) is 3.51. The molecule has 4 aromatic rings. The Morgan fingerprint density at radius 2 is 1.70 bits per heavy atom. The lowest BCUT2D eigenvalue weighted by Crippen LogP contribution is -2.39. The number of hydrogen-bond acceptors (Lipinski definition) is 5. The molecule has 2 aliphatic heterocycles. The predicted octanol–water partition coefficient (Wildman–Crippen LogP) is 5.42. The lowest BCUT2D eigenvalue weighted by atomic mass is 9.90. The van der Waals surface area contributed by atoms with E-state index >= 15 is 0 Å². The van der Waals surface area contributed by atoms with Crippen LogP contribution in [0.25, 0.3) is 22.3 Å². The summed E-state index contributed by atoms with van der Waals surface area (Å²) in [5, 5.41) is 5.50. The summed E-state index contributed by atoms with van der Waals surface area (Å²) in [7, 11) is -3.11. The maximum absolute atomic E-state index is 14.1. The van der Waals surface area contributed by atoms with Crippen LogP contribution in [0.1, 0.15) is 59.4 Å². The normalized spacial score (nSPS) is 19.4. The van der Waals surface area contributed by atoms with Crippen molar-refractivity contribution in [2.75, 3.05) is 24.6 Å². The van der Waals surface area contributed by atoms with E-state index in [4.69, 9.17) is 10.1 Å². The van der Waals surface area contributed by atoms with E-state index in [9.17, 15) is 13.2 Å². The molecule has 0 radical (unpaired) electrons. The van der Waals surface area contributed by atoms with Crippen molar-refractivity contribution in [2.45, 2.75) is 52.0 Å². The van der Waals surface area contributed by atoms with E-state index in [1.54, 1.807) is 4.68 Å². The number of rotatable bonds is 6. The standard InChI is InChI=1S/C32H36N4O3S/c1-3-23-9-11-26(12-10-23)29-20-28(30-22(2)34-36(31(30)33-29)27-15-18-40(38,39)21-27)32(37)35-16-13-25(14-17-35)19-24-7-5-4-6-8-24/h4-12,20,25,27H,3,13-19,21H2,1-2H3. The first-order chi connectivity index (χ1) is 19.3. The van der Waals surface area contributed by atoms with Crippen LogP contribution in [0.4, 0.5) is 0 Å². The number of nitrogens with zero attached hydrogens (tertiary/aromatic N) is 4. The van der Waals surface area contributed by atoms with Gasteiger partial charge in [-0.1, -0.05) is 61.5 Å². The summed E-state index contributed by atoms with van der Waals surface area (Å²) in [4.78, 5) is 21.1. The van der Waals surface area contributed by atoms with E-state index in [1.165, 1.54) is 11.1 Å². The van der Waals surface area contributed by atoms with Crippen molar-refractivity contribution >= 4 is 26.8 Å². The van der Waals surface area contributed by atoms with Gasteiger partial charge in [-0.15, -0.1) is 0 Å². The SMILES string of the molecule is CCc1ccc(-c2cc(C(=O)N3CCC(Cc4ccccc4)CC3)c3c(C)nn(C4CCS(=O)(=O)C4)c3n2)cc1. The molecule has 40 heavy (non-hydrogen) atoms.